The molecular weight excluding hydrogens is 226 g/mol. The first-order valence-corrected chi connectivity index (χ1v) is 6.66. The number of aliphatic imine (C=N–C) groups is 1. The van der Waals surface area contributed by atoms with Gasteiger partial charge in [-0.05, 0) is 39.6 Å². The molecule has 0 aromatic rings. The molecule has 1 atom stereocenters. The van der Waals surface area contributed by atoms with Crippen LogP contribution in [0.5, 0.6) is 0 Å². The van der Waals surface area contributed by atoms with E-state index in [2.05, 4.69) is 22.3 Å². The fourth-order valence-corrected chi connectivity index (χ4v) is 1.92. The van der Waals surface area contributed by atoms with Crippen molar-refractivity contribution in [3.05, 3.63) is 12.3 Å². The largest absolute Gasteiger partial charge is 0.351 e. The van der Waals surface area contributed by atoms with E-state index >= 15 is 0 Å². The van der Waals surface area contributed by atoms with Crippen LogP contribution < -0.4 is 5.32 Å². The fraction of sp³-hybridized carbons (Fsp3) is 0.714. The van der Waals surface area contributed by atoms with Crippen molar-refractivity contribution in [1.29, 1.82) is 0 Å². The third-order valence-electron chi connectivity index (χ3n) is 2.82. The second-order valence-corrected chi connectivity index (χ2v) is 4.43. The Balaban J connectivity index is 0.000000631. The van der Waals surface area contributed by atoms with E-state index in [4.69, 9.17) is 0 Å². The van der Waals surface area contributed by atoms with Crippen molar-refractivity contribution < 1.29 is 4.79 Å². The monoisotopic (exact) mass is 253 g/mol. The minimum absolute atomic E-state index is 0.579. The molecule has 1 N–H and O–H groups in total. The summed E-state index contributed by atoms with van der Waals surface area (Å²) in [7, 11) is 4.04. The fourth-order valence-electron chi connectivity index (χ4n) is 1.92. The maximum absolute atomic E-state index is 9.17. The predicted molar refractivity (Wildman–Crippen MR) is 77.9 cm³/mol. The van der Waals surface area contributed by atoms with Crippen molar-refractivity contribution in [2.45, 2.75) is 33.1 Å². The molecule has 1 rings (SSSR count). The first kappa shape index (κ1) is 16.8. The molecule has 0 radical (unpaired) electrons. The van der Waals surface area contributed by atoms with Crippen LogP contribution in [0.25, 0.3) is 0 Å². The molecule has 0 aromatic carbocycles. The molecule has 4 heteroatoms. The molecule has 1 aliphatic rings. The first-order valence-electron chi connectivity index (χ1n) is 6.66. The highest BCUT2D eigenvalue weighted by molar-refractivity contribution is 5.85. The number of likely N-dealkylation sites (tertiary alicyclic amines) is 1. The van der Waals surface area contributed by atoms with E-state index in [1.165, 1.54) is 19.4 Å². The van der Waals surface area contributed by atoms with Crippen LogP contribution in [0, 0.1) is 5.92 Å². The van der Waals surface area contributed by atoms with Gasteiger partial charge in [0.2, 0.25) is 0 Å². The van der Waals surface area contributed by atoms with Gasteiger partial charge in [-0.25, -0.2) is 0 Å². The average Bonchev–Trinajstić information content (AvgIpc) is 2.40. The van der Waals surface area contributed by atoms with Crippen LogP contribution in [0.1, 0.15) is 33.1 Å². The Bertz CT molecular complexity index is 274. The van der Waals surface area contributed by atoms with E-state index in [0.717, 1.165) is 18.7 Å². The first-order chi connectivity index (χ1) is 8.69. The van der Waals surface area contributed by atoms with Crippen molar-refractivity contribution in [3.63, 3.8) is 0 Å². The smallest absolute Gasteiger partial charge is 0.119 e. The minimum atomic E-state index is 0.579. The maximum atomic E-state index is 9.17. The van der Waals surface area contributed by atoms with Gasteiger partial charge in [0.1, 0.15) is 12.1 Å². The number of aldehydes is 1. The van der Waals surface area contributed by atoms with E-state index in [-0.39, 0.29) is 0 Å². The Kier molecular flexibility index (Phi) is 10.3. The summed E-state index contributed by atoms with van der Waals surface area (Å²) in [6.07, 6.45) is 7.99. The lowest BCUT2D eigenvalue weighted by molar-refractivity contribution is -0.107. The van der Waals surface area contributed by atoms with Gasteiger partial charge < -0.3 is 15.0 Å². The van der Waals surface area contributed by atoms with Crippen molar-refractivity contribution in [3.8, 4) is 0 Å². The third-order valence-corrected chi connectivity index (χ3v) is 2.82. The Morgan fingerprint density at radius 1 is 1.56 bits per heavy atom. The van der Waals surface area contributed by atoms with Crippen LogP contribution in [0.2, 0.25) is 0 Å². The van der Waals surface area contributed by atoms with Crippen LogP contribution >= 0.6 is 0 Å². The van der Waals surface area contributed by atoms with Gasteiger partial charge in [0.15, 0.2) is 0 Å². The number of carbonyl (C=O) groups excluding carboxylic acids is 1. The second kappa shape index (κ2) is 11.0. The second-order valence-electron chi connectivity index (χ2n) is 4.43. The van der Waals surface area contributed by atoms with Gasteiger partial charge in [0.25, 0.3) is 0 Å². The molecule has 0 spiro atoms. The highest BCUT2D eigenvalue weighted by atomic mass is 16.1. The molecule has 1 heterocycles. The zero-order chi connectivity index (χ0) is 13.8. The molecule has 1 saturated heterocycles. The van der Waals surface area contributed by atoms with Crippen molar-refractivity contribution in [2.75, 3.05) is 27.2 Å². The summed E-state index contributed by atoms with van der Waals surface area (Å²) in [4.78, 5) is 15.9. The lowest BCUT2D eigenvalue weighted by Gasteiger charge is -2.30. The van der Waals surface area contributed by atoms with Crippen LogP contribution in [-0.4, -0.2) is 44.2 Å². The molecule has 0 amide bonds. The Morgan fingerprint density at radius 3 is 2.67 bits per heavy atom. The Hall–Kier alpha value is -1.16. The van der Waals surface area contributed by atoms with Gasteiger partial charge in [-0.15, -0.1) is 0 Å². The van der Waals surface area contributed by atoms with Crippen LogP contribution in [0.3, 0.4) is 0 Å². The number of nitrogens with one attached hydrogen (secondary N) is 1. The van der Waals surface area contributed by atoms with Crippen molar-refractivity contribution in [2.24, 2.45) is 10.9 Å². The van der Waals surface area contributed by atoms with Crippen molar-refractivity contribution >= 4 is 12.1 Å². The molecule has 104 valence electrons. The minimum Gasteiger partial charge on any atom is -0.351 e. The predicted octanol–water partition coefficient (Wildman–Crippen LogP) is 2.08. The number of piperidine rings is 1. The van der Waals surface area contributed by atoms with Gasteiger partial charge in [-0.3, -0.25) is 4.99 Å². The molecule has 1 aliphatic heterocycles. The molecule has 18 heavy (non-hydrogen) atoms. The SMILES string of the molecule is C/C=C\NC(=NC)C1CCCN(C)C1.CCC=O. The lowest BCUT2D eigenvalue weighted by atomic mass is 9.97. The van der Waals surface area contributed by atoms with Crippen LogP contribution in [0.4, 0.5) is 0 Å². The van der Waals surface area contributed by atoms with Crippen molar-refractivity contribution in [1.82, 2.24) is 10.2 Å². The third kappa shape index (κ3) is 7.22. The van der Waals surface area contributed by atoms with Gasteiger partial charge in [-0.1, -0.05) is 13.0 Å². The van der Waals surface area contributed by atoms with E-state index in [0.29, 0.717) is 12.3 Å². The highest BCUT2D eigenvalue weighted by Crippen LogP contribution is 2.15. The number of amidine groups is 1. The average molecular weight is 253 g/mol. The number of hydrogen-bond acceptors (Lipinski definition) is 3. The topological polar surface area (TPSA) is 44.7 Å². The van der Waals surface area contributed by atoms with E-state index in [1.807, 2.05) is 33.2 Å². The summed E-state index contributed by atoms with van der Waals surface area (Å²) in [5.41, 5.74) is 0. The quantitative estimate of drug-likeness (QED) is 0.476. The summed E-state index contributed by atoms with van der Waals surface area (Å²) in [5, 5.41) is 3.25. The summed E-state index contributed by atoms with van der Waals surface area (Å²) < 4.78 is 0. The van der Waals surface area contributed by atoms with Gasteiger partial charge in [0.05, 0.1) is 0 Å². The Morgan fingerprint density at radius 2 is 2.22 bits per heavy atom. The summed E-state index contributed by atoms with van der Waals surface area (Å²) >= 11 is 0. The number of carbonyl (C=O) groups is 1. The standard InChI is InChI=1S/C11H21N3.C3H6O/c1-4-7-13-11(12-2)10-6-5-8-14(3)9-10;1-2-3-4/h4,7,10H,5-6,8-9H2,1-3H3,(H,12,13);3H,2H2,1H3/b7-4-;. The molecule has 1 unspecified atom stereocenters. The summed E-state index contributed by atoms with van der Waals surface area (Å²) in [6, 6.07) is 0. The molecule has 0 aliphatic carbocycles. The summed E-state index contributed by atoms with van der Waals surface area (Å²) in [5.74, 6) is 1.70. The van der Waals surface area contributed by atoms with E-state index in [1.54, 1.807) is 0 Å². The number of allylic oxidation sites excluding steroid dienone is 1. The molecule has 4 nitrogen and oxygen atoms in total. The molecular formula is C14H27N3O. The zero-order valence-electron chi connectivity index (χ0n) is 12.1. The lowest BCUT2D eigenvalue weighted by Crippen LogP contribution is -2.40. The molecule has 0 aromatic heterocycles. The van der Waals surface area contributed by atoms with Crippen LogP contribution in [-0.2, 0) is 4.79 Å². The van der Waals surface area contributed by atoms with E-state index in [9.17, 15) is 4.79 Å². The van der Waals surface area contributed by atoms with Gasteiger partial charge in [-0.2, -0.15) is 0 Å². The summed E-state index contributed by atoms with van der Waals surface area (Å²) in [6.45, 7) is 6.16. The number of nitrogens with zero attached hydrogens (tertiary/aromatic N) is 2. The molecule has 1 fully saturated rings. The maximum Gasteiger partial charge on any atom is 0.119 e. The normalized spacial score (nSPS) is 21.3. The molecule has 0 saturated carbocycles. The zero-order valence-corrected chi connectivity index (χ0v) is 12.1. The van der Waals surface area contributed by atoms with Crippen LogP contribution in [0.15, 0.2) is 17.3 Å². The number of rotatable bonds is 3. The highest BCUT2D eigenvalue weighted by Gasteiger charge is 2.20. The van der Waals surface area contributed by atoms with E-state index < -0.39 is 0 Å². The molecule has 0 bridgehead atoms. The van der Waals surface area contributed by atoms with Gasteiger partial charge >= 0.3 is 0 Å². The Labute approximate surface area is 111 Å². The van der Waals surface area contributed by atoms with Gasteiger partial charge in [0, 0.05) is 25.9 Å². The number of hydrogen-bond donors (Lipinski definition) is 1.